The Hall–Kier alpha value is -3.73. The van der Waals surface area contributed by atoms with E-state index in [-0.39, 0.29) is 26.9 Å². The fraction of sp³-hybridized carbons (Fsp3) is 0.158. The van der Waals surface area contributed by atoms with Crippen LogP contribution in [0.3, 0.4) is 0 Å². The van der Waals surface area contributed by atoms with Gasteiger partial charge in [0, 0.05) is 11.8 Å². The van der Waals surface area contributed by atoms with Crippen molar-refractivity contribution in [1.82, 2.24) is 15.5 Å². The number of amides is 2. The number of hydrogen-bond acceptors (Lipinski definition) is 6. The highest BCUT2D eigenvalue weighted by atomic mass is 32.2. The van der Waals surface area contributed by atoms with Crippen LogP contribution < -0.4 is 21.8 Å². The van der Waals surface area contributed by atoms with Crippen LogP contribution in [0.5, 0.6) is 0 Å². The minimum Gasteiger partial charge on any atom is -0.343 e. The van der Waals surface area contributed by atoms with Crippen LogP contribution in [0, 0.1) is 6.92 Å². The molecule has 1 heterocycles. The van der Waals surface area contributed by atoms with Crippen molar-refractivity contribution in [1.29, 1.82) is 0 Å². The van der Waals surface area contributed by atoms with Crippen LogP contribution in [0.4, 0.5) is 5.69 Å². The fourth-order valence-electron chi connectivity index (χ4n) is 2.86. The van der Waals surface area contributed by atoms with Crippen LogP contribution in [0.15, 0.2) is 50.9 Å². The highest BCUT2D eigenvalue weighted by Crippen LogP contribution is 2.17. The minimum atomic E-state index is -3.50. The predicted molar refractivity (Wildman–Crippen MR) is 110 cm³/mol. The molecule has 0 aliphatic heterocycles. The molecule has 0 saturated heterocycles. The lowest BCUT2D eigenvalue weighted by Crippen LogP contribution is -2.33. The van der Waals surface area contributed by atoms with E-state index in [1.807, 2.05) is 0 Å². The molecule has 0 atom stereocenters. The van der Waals surface area contributed by atoms with E-state index < -0.39 is 39.3 Å². The van der Waals surface area contributed by atoms with Crippen molar-refractivity contribution in [2.75, 3.05) is 18.1 Å². The molecule has 30 heavy (non-hydrogen) atoms. The van der Waals surface area contributed by atoms with E-state index in [0.717, 1.165) is 6.26 Å². The van der Waals surface area contributed by atoms with Crippen molar-refractivity contribution < 1.29 is 18.0 Å². The first kappa shape index (κ1) is 21.0. The van der Waals surface area contributed by atoms with Crippen molar-refractivity contribution in [2.24, 2.45) is 0 Å². The number of benzene rings is 2. The molecule has 3 rings (SSSR count). The first-order valence-corrected chi connectivity index (χ1v) is 10.6. The third-order valence-electron chi connectivity index (χ3n) is 4.39. The highest BCUT2D eigenvalue weighted by molar-refractivity contribution is 7.90. The molecule has 0 saturated carbocycles. The number of aromatic amines is 2. The van der Waals surface area contributed by atoms with Crippen LogP contribution >= 0.6 is 0 Å². The van der Waals surface area contributed by atoms with Gasteiger partial charge in [0.25, 0.3) is 17.0 Å². The molecule has 11 heteroatoms. The van der Waals surface area contributed by atoms with Gasteiger partial charge in [-0.2, -0.15) is 0 Å². The number of carbonyl (C=O) groups excluding carboxylic acids is 2. The van der Waals surface area contributed by atoms with Crippen LogP contribution in [0.1, 0.15) is 15.9 Å². The number of aryl methyl sites for hydroxylation is 1. The summed E-state index contributed by atoms with van der Waals surface area (Å²) in [5.41, 5.74) is -0.318. The van der Waals surface area contributed by atoms with Gasteiger partial charge in [-0.15, -0.1) is 0 Å². The van der Waals surface area contributed by atoms with Gasteiger partial charge < -0.3 is 10.6 Å². The Balaban J connectivity index is 1.77. The van der Waals surface area contributed by atoms with Gasteiger partial charge in [-0.1, -0.05) is 12.1 Å². The highest BCUT2D eigenvalue weighted by Gasteiger charge is 2.16. The maximum Gasteiger partial charge on any atom is 0.272 e. The molecule has 3 aromatic rings. The zero-order valence-electron chi connectivity index (χ0n) is 16.0. The molecular formula is C19H18N4O6S. The maximum absolute atomic E-state index is 12.4. The monoisotopic (exact) mass is 430 g/mol. The molecule has 0 aliphatic carbocycles. The van der Waals surface area contributed by atoms with E-state index in [1.165, 1.54) is 36.4 Å². The first-order valence-electron chi connectivity index (χ1n) is 8.70. The van der Waals surface area contributed by atoms with Gasteiger partial charge in [0.05, 0.1) is 27.9 Å². The summed E-state index contributed by atoms with van der Waals surface area (Å²) in [5.74, 6) is -1.26. The molecule has 0 radical (unpaired) electrons. The van der Waals surface area contributed by atoms with Crippen molar-refractivity contribution in [3.8, 4) is 0 Å². The Bertz CT molecular complexity index is 1390. The zero-order chi connectivity index (χ0) is 22.1. The number of rotatable bonds is 5. The Labute approximate surface area is 170 Å². The Morgan fingerprint density at radius 1 is 1.03 bits per heavy atom. The normalized spacial score (nSPS) is 11.3. The second-order valence-electron chi connectivity index (χ2n) is 6.62. The quantitative estimate of drug-likeness (QED) is 0.456. The van der Waals surface area contributed by atoms with E-state index >= 15 is 0 Å². The van der Waals surface area contributed by atoms with Crippen LogP contribution in [-0.4, -0.2) is 43.2 Å². The maximum atomic E-state index is 12.4. The lowest BCUT2D eigenvalue weighted by molar-refractivity contribution is -0.115. The summed E-state index contributed by atoms with van der Waals surface area (Å²) in [6.45, 7) is 1.21. The van der Waals surface area contributed by atoms with Crippen LogP contribution in [0.2, 0.25) is 0 Å². The average molecular weight is 430 g/mol. The van der Waals surface area contributed by atoms with Gasteiger partial charge in [-0.05, 0) is 36.8 Å². The standard InChI is InChI=1S/C19H18N4O6S/c1-10-6-7-11(30(2,28)29)8-13(10)17(25)20-9-15(24)21-14-5-3-4-12-16(14)19(27)23-22-18(12)26/h3-8H,9H2,1-2H3,(H,20,25)(H,21,24)(H,22,26)(H,23,27). The van der Waals surface area contributed by atoms with Crippen molar-refractivity contribution in [2.45, 2.75) is 11.8 Å². The summed E-state index contributed by atoms with van der Waals surface area (Å²) < 4.78 is 23.4. The Kier molecular flexibility index (Phi) is 5.56. The third kappa shape index (κ3) is 4.30. The minimum absolute atomic E-state index is 0.0112. The molecule has 0 unspecified atom stereocenters. The number of anilines is 1. The third-order valence-corrected chi connectivity index (χ3v) is 5.50. The number of hydrogen-bond donors (Lipinski definition) is 4. The molecule has 156 valence electrons. The van der Waals surface area contributed by atoms with Gasteiger partial charge in [-0.25, -0.2) is 8.42 Å². The molecule has 0 fully saturated rings. The second-order valence-corrected chi connectivity index (χ2v) is 8.63. The van der Waals surface area contributed by atoms with Gasteiger partial charge >= 0.3 is 0 Å². The van der Waals surface area contributed by atoms with Crippen LogP contribution in [0.25, 0.3) is 10.8 Å². The van der Waals surface area contributed by atoms with E-state index in [1.54, 1.807) is 6.92 Å². The van der Waals surface area contributed by atoms with Gasteiger partial charge in [0.15, 0.2) is 9.84 Å². The molecule has 2 amide bonds. The van der Waals surface area contributed by atoms with Gasteiger partial charge in [0.1, 0.15) is 0 Å². The lowest BCUT2D eigenvalue weighted by Gasteiger charge is -2.10. The number of aromatic nitrogens is 2. The molecule has 2 aromatic carbocycles. The summed E-state index contributed by atoms with van der Waals surface area (Å²) >= 11 is 0. The summed E-state index contributed by atoms with van der Waals surface area (Å²) in [6.07, 6.45) is 1.03. The number of sulfone groups is 1. The molecule has 0 bridgehead atoms. The topological polar surface area (TPSA) is 158 Å². The van der Waals surface area contributed by atoms with E-state index in [4.69, 9.17) is 0 Å². The molecular weight excluding hydrogens is 412 g/mol. The Morgan fingerprint density at radius 2 is 1.73 bits per heavy atom. The smallest absolute Gasteiger partial charge is 0.272 e. The van der Waals surface area contributed by atoms with Gasteiger partial charge in [-0.3, -0.25) is 29.4 Å². The SMILES string of the molecule is Cc1ccc(S(C)(=O)=O)cc1C(=O)NCC(=O)Nc1cccc2c(=O)[nH][nH]c(=O)c12. The average Bonchev–Trinajstić information content (AvgIpc) is 2.68. The fourth-order valence-corrected chi connectivity index (χ4v) is 3.51. The Morgan fingerprint density at radius 3 is 2.43 bits per heavy atom. The lowest BCUT2D eigenvalue weighted by atomic mass is 10.1. The van der Waals surface area contributed by atoms with E-state index in [0.29, 0.717) is 5.56 Å². The second kappa shape index (κ2) is 7.95. The van der Waals surface area contributed by atoms with Gasteiger partial charge in [0.2, 0.25) is 5.91 Å². The number of nitrogens with one attached hydrogen (secondary N) is 4. The van der Waals surface area contributed by atoms with E-state index in [9.17, 15) is 27.6 Å². The van der Waals surface area contributed by atoms with Crippen molar-refractivity contribution >= 4 is 38.1 Å². The molecule has 4 N–H and O–H groups in total. The van der Waals surface area contributed by atoms with E-state index in [2.05, 4.69) is 20.8 Å². The molecule has 1 aromatic heterocycles. The zero-order valence-corrected chi connectivity index (χ0v) is 16.8. The summed E-state index contributed by atoms with van der Waals surface area (Å²) in [6, 6.07) is 8.55. The predicted octanol–water partition coefficient (Wildman–Crippen LogP) is 0.297. The van der Waals surface area contributed by atoms with Crippen molar-refractivity contribution in [3.63, 3.8) is 0 Å². The summed E-state index contributed by atoms with van der Waals surface area (Å²) in [5, 5.41) is 9.40. The molecule has 10 nitrogen and oxygen atoms in total. The largest absolute Gasteiger partial charge is 0.343 e. The number of carbonyl (C=O) groups is 2. The first-order chi connectivity index (χ1) is 14.1. The van der Waals surface area contributed by atoms with Crippen molar-refractivity contribution in [3.05, 3.63) is 68.2 Å². The van der Waals surface area contributed by atoms with Crippen LogP contribution in [-0.2, 0) is 14.6 Å². The number of fused-ring (bicyclic) bond motifs is 1. The molecule has 0 spiro atoms. The summed E-state index contributed by atoms with van der Waals surface area (Å²) in [7, 11) is -3.50. The number of H-pyrrole nitrogens is 2. The molecule has 0 aliphatic rings. The summed E-state index contributed by atoms with van der Waals surface area (Å²) in [4.78, 5) is 48.6.